The molecule has 1 N–H and O–H groups in total. The van der Waals surface area contributed by atoms with Gasteiger partial charge in [-0.2, -0.15) is 0 Å². The van der Waals surface area contributed by atoms with Crippen molar-refractivity contribution >= 4 is 11.9 Å². The second-order valence-corrected chi connectivity index (χ2v) is 8.14. The minimum absolute atomic E-state index is 0.374. The van der Waals surface area contributed by atoms with Gasteiger partial charge in [-0.1, -0.05) is 130 Å². The third-order valence-electron chi connectivity index (χ3n) is 5.06. The first-order valence-electron chi connectivity index (χ1n) is 12.7. The van der Waals surface area contributed by atoms with Gasteiger partial charge in [0.1, 0.15) is 0 Å². The summed E-state index contributed by atoms with van der Waals surface area (Å²) in [5.41, 5.74) is 0. The van der Waals surface area contributed by atoms with Crippen molar-refractivity contribution in [2.24, 2.45) is 0 Å². The Morgan fingerprint density at radius 2 is 0.900 bits per heavy atom. The van der Waals surface area contributed by atoms with Gasteiger partial charge in [-0.25, -0.2) is 9.59 Å². The first-order chi connectivity index (χ1) is 14.6. The van der Waals surface area contributed by atoms with Crippen LogP contribution in [0, 0.1) is 0 Å². The summed E-state index contributed by atoms with van der Waals surface area (Å²) in [6, 6.07) is 0. The Morgan fingerprint density at radius 1 is 0.567 bits per heavy atom. The normalized spacial score (nSPS) is 10.6. The highest BCUT2D eigenvalue weighted by Crippen LogP contribution is 2.10. The number of carboxylic acids is 1. The Balaban J connectivity index is 0. The van der Waals surface area contributed by atoms with E-state index >= 15 is 0 Å². The van der Waals surface area contributed by atoms with Gasteiger partial charge in [0.15, 0.2) is 0 Å². The molecule has 0 saturated carbocycles. The fourth-order valence-corrected chi connectivity index (χ4v) is 3.16. The number of unbranched alkanes of at least 4 members (excludes halogenated alkanes) is 16. The van der Waals surface area contributed by atoms with Gasteiger partial charge in [0.25, 0.3) is 0 Å². The molecule has 30 heavy (non-hydrogen) atoms. The number of aliphatic carboxylic acids is 1. The van der Waals surface area contributed by atoms with Gasteiger partial charge in [0.2, 0.25) is 0 Å². The standard InChI is InChI=1S/C16H28O4.C10H22/c1-2-3-4-5-6-7-8-9-10-11-14-20-16(19)13-12-15(17)18;1-3-5-7-9-10-8-6-4-2/h12-13H,2-11,14H2,1H3,(H,17,18);3-10H2,1-2H3. The number of carbonyl (C=O) groups excluding carboxylic acids is 1. The highest BCUT2D eigenvalue weighted by atomic mass is 16.5. The van der Waals surface area contributed by atoms with Crippen LogP contribution >= 0.6 is 0 Å². The number of carboxylic acid groups (broad SMARTS) is 1. The SMILES string of the molecule is CCCCCCCCCC.CCCCCCCCCCCCOC(=O)C=CC(=O)O. The summed E-state index contributed by atoms with van der Waals surface area (Å²) < 4.78 is 4.88. The molecule has 0 aliphatic carbocycles. The smallest absolute Gasteiger partial charge is 0.331 e. The molecule has 0 aromatic rings. The van der Waals surface area contributed by atoms with Crippen molar-refractivity contribution in [3.05, 3.63) is 12.2 Å². The van der Waals surface area contributed by atoms with E-state index in [1.54, 1.807) is 0 Å². The monoisotopic (exact) mass is 426 g/mol. The lowest BCUT2D eigenvalue weighted by atomic mass is 10.1. The Morgan fingerprint density at radius 3 is 1.23 bits per heavy atom. The predicted molar refractivity (Wildman–Crippen MR) is 128 cm³/mol. The molecule has 0 atom stereocenters. The van der Waals surface area contributed by atoms with Crippen molar-refractivity contribution in [1.29, 1.82) is 0 Å². The molecule has 0 aliphatic heterocycles. The van der Waals surface area contributed by atoms with Crippen molar-refractivity contribution in [1.82, 2.24) is 0 Å². The van der Waals surface area contributed by atoms with E-state index in [1.165, 1.54) is 103 Å². The molecule has 0 unspecified atom stereocenters. The summed E-state index contributed by atoms with van der Waals surface area (Å²) in [7, 11) is 0. The largest absolute Gasteiger partial charge is 0.478 e. The number of esters is 1. The zero-order chi connectivity index (χ0) is 22.7. The average Bonchev–Trinajstić information content (AvgIpc) is 2.73. The van der Waals surface area contributed by atoms with Gasteiger partial charge in [-0.05, 0) is 6.42 Å². The van der Waals surface area contributed by atoms with Crippen molar-refractivity contribution in [2.75, 3.05) is 6.61 Å². The van der Waals surface area contributed by atoms with E-state index in [0.29, 0.717) is 6.61 Å². The van der Waals surface area contributed by atoms with Crippen LogP contribution in [0.5, 0.6) is 0 Å². The third kappa shape index (κ3) is 31.4. The van der Waals surface area contributed by atoms with Gasteiger partial charge < -0.3 is 9.84 Å². The zero-order valence-corrected chi connectivity index (χ0v) is 20.3. The van der Waals surface area contributed by atoms with E-state index < -0.39 is 11.9 Å². The predicted octanol–water partition coefficient (Wildman–Crippen LogP) is 8.24. The fourth-order valence-electron chi connectivity index (χ4n) is 3.16. The zero-order valence-electron chi connectivity index (χ0n) is 20.3. The van der Waals surface area contributed by atoms with E-state index in [9.17, 15) is 9.59 Å². The lowest BCUT2D eigenvalue weighted by molar-refractivity contribution is -0.138. The van der Waals surface area contributed by atoms with E-state index in [1.807, 2.05) is 0 Å². The molecular formula is C26H50O4. The van der Waals surface area contributed by atoms with E-state index in [0.717, 1.165) is 25.0 Å². The molecule has 0 rings (SSSR count). The Hall–Kier alpha value is -1.32. The van der Waals surface area contributed by atoms with Gasteiger partial charge in [-0.3, -0.25) is 0 Å². The average molecular weight is 427 g/mol. The van der Waals surface area contributed by atoms with Crippen molar-refractivity contribution in [2.45, 2.75) is 136 Å². The molecule has 0 spiro atoms. The van der Waals surface area contributed by atoms with Crippen molar-refractivity contribution in [3.63, 3.8) is 0 Å². The van der Waals surface area contributed by atoms with Crippen molar-refractivity contribution < 1.29 is 19.4 Å². The molecule has 0 aromatic carbocycles. The van der Waals surface area contributed by atoms with E-state index in [-0.39, 0.29) is 0 Å². The first-order valence-corrected chi connectivity index (χ1v) is 12.7. The van der Waals surface area contributed by atoms with Crippen LogP contribution in [0.2, 0.25) is 0 Å². The van der Waals surface area contributed by atoms with E-state index in [2.05, 4.69) is 20.8 Å². The molecular weight excluding hydrogens is 376 g/mol. The van der Waals surface area contributed by atoms with Crippen LogP contribution in [0.1, 0.15) is 136 Å². The van der Waals surface area contributed by atoms with Crippen LogP contribution in [-0.4, -0.2) is 23.7 Å². The third-order valence-corrected chi connectivity index (χ3v) is 5.06. The Bertz CT molecular complexity index is 382. The molecule has 0 radical (unpaired) electrons. The molecule has 0 aromatic heterocycles. The van der Waals surface area contributed by atoms with Gasteiger partial charge >= 0.3 is 11.9 Å². The maximum Gasteiger partial charge on any atom is 0.331 e. The summed E-state index contributed by atoms with van der Waals surface area (Å²) in [5.74, 6) is -1.72. The topological polar surface area (TPSA) is 63.6 Å². The van der Waals surface area contributed by atoms with Crippen LogP contribution in [0.4, 0.5) is 0 Å². The number of carbonyl (C=O) groups is 2. The van der Waals surface area contributed by atoms with Crippen molar-refractivity contribution in [3.8, 4) is 0 Å². The van der Waals surface area contributed by atoms with Gasteiger partial charge in [0.05, 0.1) is 6.61 Å². The molecule has 4 heteroatoms. The first kappa shape index (κ1) is 30.9. The maximum absolute atomic E-state index is 11.0. The summed E-state index contributed by atoms with van der Waals surface area (Å²) in [6.07, 6.45) is 25.5. The van der Waals surface area contributed by atoms with Gasteiger partial charge in [-0.15, -0.1) is 0 Å². The molecule has 4 nitrogen and oxygen atoms in total. The number of rotatable bonds is 20. The second kappa shape index (κ2) is 27.7. The van der Waals surface area contributed by atoms with Crippen LogP contribution in [0.3, 0.4) is 0 Å². The van der Waals surface area contributed by atoms with Crippen LogP contribution in [0.15, 0.2) is 12.2 Å². The number of hydrogen-bond donors (Lipinski definition) is 1. The van der Waals surface area contributed by atoms with Crippen LogP contribution < -0.4 is 0 Å². The highest BCUT2D eigenvalue weighted by Gasteiger charge is 1.98. The summed E-state index contributed by atoms with van der Waals surface area (Å²) in [5, 5.41) is 8.33. The molecule has 0 bridgehead atoms. The summed E-state index contributed by atoms with van der Waals surface area (Å²) >= 11 is 0. The lowest BCUT2D eigenvalue weighted by Crippen LogP contribution is -2.03. The highest BCUT2D eigenvalue weighted by molar-refractivity contribution is 5.90. The van der Waals surface area contributed by atoms with Gasteiger partial charge in [0, 0.05) is 12.2 Å². The van der Waals surface area contributed by atoms with E-state index in [4.69, 9.17) is 9.84 Å². The Labute approximate surface area is 186 Å². The van der Waals surface area contributed by atoms with Crippen LogP contribution in [0.25, 0.3) is 0 Å². The minimum Gasteiger partial charge on any atom is -0.478 e. The second-order valence-electron chi connectivity index (χ2n) is 8.14. The van der Waals surface area contributed by atoms with Crippen LogP contribution in [-0.2, 0) is 14.3 Å². The molecule has 0 amide bonds. The molecule has 178 valence electrons. The quantitative estimate of drug-likeness (QED) is 0.121. The summed E-state index contributed by atoms with van der Waals surface area (Å²) in [4.78, 5) is 21.2. The molecule has 0 aliphatic rings. The molecule has 0 fully saturated rings. The fraction of sp³-hybridized carbons (Fsp3) is 0.846. The minimum atomic E-state index is -1.14. The lowest BCUT2D eigenvalue weighted by Gasteiger charge is -2.03. The number of ether oxygens (including phenoxy) is 1. The summed E-state index contributed by atoms with van der Waals surface area (Å²) in [6.45, 7) is 7.14. The maximum atomic E-state index is 11.0. The molecule has 0 heterocycles. The number of hydrogen-bond acceptors (Lipinski definition) is 3. The molecule has 0 saturated heterocycles. The Kier molecular flexibility index (Phi) is 28.5.